The molecular weight excluding hydrogens is 469 g/mol. The molecule has 4 rings (SSSR count). The summed E-state index contributed by atoms with van der Waals surface area (Å²) in [5.74, 6) is -0.528. The minimum Gasteiger partial charge on any atom is -0.322 e. The molecule has 5 nitrogen and oxygen atoms in total. The van der Waals surface area contributed by atoms with Gasteiger partial charge >= 0.3 is 0 Å². The van der Waals surface area contributed by atoms with Gasteiger partial charge in [-0.15, -0.1) is 0 Å². The predicted molar refractivity (Wildman–Crippen MR) is 139 cm³/mol. The summed E-state index contributed by atoms with van der Waals surface area (Å²) in [4.78, 5) is 24.9. The lowest BCUT2D eigenvalue weighted by atomic mass is 10.0. The van der Waals surface area contributed by atoms with Crippen molar-refractivity contribution in [1.82, 2.24) is 5.43 Å². The Labute approximate surface area is 207 Å². The average Bonchev–Trinajstić information content (AvgIpc) is 2.83. The predicted octanol–water partition coefficient (Wildman–Crippen LogP) is 6.48. The van der Waals surface area contributed by atoms with Crippen LogP contribution in [0.15, 0.2) is 90.0 Å². The molecule has 4 aromatic rings. The van der Waals surface area contributed by atoms with Gasteiger partial charge in [-0.1, -0.05) is 77.8 Å². The van der Waals surface area contributed by atoms with E-state index in [1.54, 1.807) is 31.2 Å². The molecule has 0 spiro atoms. The van der Waals surface area contributed by atoms with Crippen LogP contribution in [-0.2, 0) is 11.2 Å². The van der Waals surface area contributed by atoms with E-state index in [4.69, 9.17) is 23.2 Å². The number of benzene rings is 4. The Kier molecular flexibility index (Phi) is 7.26. The zero-order valence-electron chi connectivity index (χ0n) is 18.3. The number of amides is 2. The molecule has 0 aromatic heterocycles. The zero-order chi connectivity index (χ0) is 24.1. The average molecular weight is 490 g/mol. The van der Waals surface area contributed by atoms with E-state index in [0.717, 1.165) is 21.9 Å². The molecule has 0 radical (unpaired) electrons. The summed E-state index contributed by atoms with van der Waals surface area (Å²) in [6, 6.07) is 25.7. The molecule has 170 valence electrons. The zero-order valence-corrected chi connectivity index (χ0v) is 19.8. The Bertz CT molecular complexity index is 1390. The van der Waals surface area contributed by atoms with E-state index < -0.39 is 0 Å². The Morgan fingerprint density at radius 3 is 2.38 bits per heavy atom. The van der Waals surface area contributed by atoms with Crippen molar-refractivity contribution in [2.75, 3.05) is 5.32 Å². The van der Waals surface area contributed by atoms with Gasteiger partial charge in [0.05, 0.1) is 22.7 Å². The third-order valence-corrected chi connectivity index (χ3v) is 5.86. The highest BCUT2D eigenvalue weighted by Gasteiger charge is 2.11. The Hall–Kier alpha value is -3.67. The number of hydrazone groups is 1. The minimum absolute atomic E-state index is 0.195. The van der Waals surface area contributed by atoms with Crippen molar-refractivity contribution < 1.29 is 9.59 Å². The first-order chi connectivity index (χ1) is 16.4. The first kappa shape index (κ1) is 23.5. The highest BCUT2D eigenvalue weighted by Crippen LogP contribution is 2.22. The molecule has 0 heterocycles. The third-order valence-electron chi connectivity index (χ3n) is 5.32. The molecule has 0 fully saturated rings. The van der Waals surface area contributed by atoms with Crippen molar-refractivity contribution in [2.45, 2.75) is 13.3 Å². The Morgan fingerprint density at radius 2 is 1.62 bits per heavy atom. The molecule has 2 N–H and O–H groups in total. The van der Waals surface area contributed by atoms with Crippen LogP contribution in [0.1, 0.15) is 28.4 Å². The monoisotopic (exact) mass is 489 g/mol. The second-order valence-electron chi connectivity index (χ2n) is 7.70. The normalized spacial score (nSPS) is 11.3. The Balaban J connectivity index is 1.38. The molecule has 0 aliphatic rings. The Morgan fingerprint density at radius 1 is 0.882 bits per heavy atom. The van der Waals surface area contributed by atoms with Gasteiger partial charge in [-0.05, 0) is 59.2 Å². The van der Waals surface area contributed by atoms with E-state index in [1.807, 2.05) is 54.6 Å². The summed E-state index contributed by atoms with van der Waals surface area (Å²) in [7, 11) is 0. The molecule has 2 amide bonds. The fourth-order valence-electron chi connectivity index (χ4n) is 3.54. The maximum Gasteiger partial charge on any atom is 0.257 e. The number of halogens is 2. The SMILES string of the molecule is CC(=NNC(=O)Cc1cccc2ccccc12)c1ccc(NC(=O)c2ccc(Cl)cc2Cl)cc1. The van der Waals surface area contributed by atoms with Gasteiger partial charge in [-0.2, -0.15) is 5.10 Å². The van der Waals surface area contributed by atoms with E-state index in [-0.39, 0.29) is 23.3 Å². The summed E-state index contributed by atoms with van der Waals surface area (Å²) in [5, 5.41) is 9.92. The van der Waals surface area contributed by atoms with Gasteiger partial charge in [-0.3, -0.25) is 9.59 Å². The van der Waals surface area contributed by atoms with Gasteiger partial charge in [-0.25, -0.2) is 5.43 Å². The number of nitrogens with zero attached hydrogens (tertiary/aromatic N) is 1. The lowest BCUT2D eigenvalue weighted by Gasteiger charge is -2.09. The number of rotatable bonds is 6. The van der Waals surface area contributed by atoms with Crippen LogP contribution < -0.4 is 10.7 Å². The van der Waals surface area contributed by atoms with Crippen LogP contribution in [0.2, 0.25) is 10.0 Å². The topological polar surface area (TPSA) is 70.6 Å². The maximum atomic E-state index is 12.5. The number of anilines is 1. The van der Waals surface area contributed by atoms with Crippen molar-refractivity contribution in [3.8, 4) is 0 Å². The second-order valence-corrected chi connectivity index (χ2v) is 8.55. The van der Waals surface area contributed by atoms with Crippen LogP contribution in [-0.4, -0.2) is 17.5 Å². The molecule has 0 aliphatic carbocycles. The summed E-state index contributed by atoms with van der Waals surface area (Å²) >= 11 is 12.0. The van der Waals surface area contributed by atoms with Gasteiger partial charge in [0.2, 0.25) is 5.91 Å². The van der Waals surface area contributed by atoms with Crippen LogP contribution in [0.5, 0.6) is 0 Å². The van der Waals surface area contributed by atoms with Crippen LogP contribution in [0.4, 0.5) is 5.69 Å². The number of carbonyl (C=O) groups is 2. The van der Waals surface area contributed by atoms with Gasteiger partial charge in [0.1, 0.15) is 0 Å². The number of fused-ring (bicyclic) bond motifs is 1. The summed E-state index contributed by atoms with van der Waals surface area (Å²) in [6.45, 7) is 1.80. The van der Waals surface area contributed by atoms with Crippen LogP contribution in [0.25, 0.3) is 10.8 Å². The first-order valence-electron chi connectivity index (χ1n) is 10.6. The molecule has 0 unspecified atom stereocenters. The van der Waals surface area contributed by atoms with E-state index in [0.29, 0.717) is 22.0 Å². The molecule has 0 atom stereocenters. The van der Waals surface area contributed by atoms with Crippen LogP contribution in [0, 0.1) is 0 Å². The highest BCUT2D eigenvalue weighted by atomic mass is 35.5. The number of hydrogen-bond acceptors (Lipinski definition) is 3. The number of nitrogens with one attached hydrogen (secondary N) is 2. The molecule has 0 aliphatic heterocycles. The highest BCUT2D eigenvalue weighted by molar-refractivity contribution is 6.37. The molecule has 0 saturated carbocycles. The van der Waals surface area contributed by atoms with E-state index in [1.165, 1.54) is 6.07 Å². The third kappa shape index (κ3) is 5.63. The fraction of sp³-hybridized carbons (Fsp3) is 0.0741. The summed E-state index contributed by atoms with van der Waals surface area (Å²) in [5.41, 5.74) is 5.97. The standard InChI is InChI=1S/C27H21Cl2N3O2/c1-17(31-32-26(33)15-20-7-4-6-19-5-2-3-8-23(19)20)18-9-12-22(13-10-18)30-27(34)24-14-11-21(28)16-25(24)29/h2-14,16H,15H2,1H3,(H,30,34)(H,32,33). The van der Waals surface area contributed by atoms with Crippen LogP contribution in [0.3, 0.4) is 0 Å². The fourth-order valence-corrected chi connectivity index (χ4v) is 4.03. The molecule has 0 saturated heterocycles. The van der Waals surface area contributed by atoms with E-state index in [2.05, 4.69) is 15.8 Å². The smallest absolute Gasteiger partial charge is 0.257 e. The maximum absolute atomic E-state index is 12.5. The molecule has 7 heteroatoms. The van der Waals surface area contributed by atoms with Crippen LogP contribution >= 0.6 is 23.2 Å². The summed E-state index contributed by atoms with van der Waals surface area (Å²) in [6.07, 6.45) is 0.233. The summed E-state index contributed by atoms with van der Waals surface area (Å²) < 4.78 is 0. The first-order valence-corrected chi connectivity index (χ1v) is 11.3. The van der Waals surface area contributed by atoms with Crippen molar-refractivity contribution in [1.29, 1.82) is 0 Å². The molecule has 34 heavy (non-hydrogen) atoms. The lowest BCUT2D eigenvalue weighted by molar-refractivity contribution is -0.120. The minimum atomic E-state index is -0.333. The second kappa shape index (κ2) is 10.5. The quantitative estimate of drug-likeness (QED) is 0.240. The van der Waals surface area contributed by atoms with Crippen molar-refractivity contribution in [3.05, 3.63) is 112 Å². The van der Waals surface area contributed by atoms with Crippen molar-refractivity contribution in [2.24, 2.45) is 5.10 Å². The lowest BCUT2D eigenvalue weighted by Crippen LogP contribution is -2.21. The van der Waals surface area contributed by atoms with Crippen molar-refractivity contribution >= 4 is 57.2 Å². The molecule has 0 bridgehead atoms. The number of hydrogen-bond donors (Lipinski definition) is 2. The largest absolute Gasteiger partial charge is 0.322 e. The molecule has 4 aromatic carbocycles. The van der Waals surface area contributed by atoms with Gasteiger partial charge in [0.25, 0.3) is 5.91 Å². The molecular formula is C27H21Cl2N3O2. The van der Waals surface area contributed by atoms with E-state index >= 15 is 0 Å². The van der Waals surface area contributed by atoms with Gasteiger partial charge in [0, 0.05) is 10.7 Å². The van der Waals surface area contributed by atoms with E-state index in [9.17, 15) is 9.59 Å². The van der Waals surface area contributed by atoms with Gasteiger partial charge in [0.15, 0.2) is 0 Å². The van der Waals surface area contributed by atoms with Crippen molar-refractivity contribution in [3.63, 3.8) is 0 Å². The number of carbonyl (C=O) groups excluding carboxylic acids is 2. The van der Waals surface area contributed by atoms with Gasteiger partial charge < -0.3 is 5.32 Å².